The van der Waals surface area contributed by atoms with Gasteiger partial charge in [0.2, 0.25) is 5.95 Å². The van der Waals surface area contributed by atoms with Crippen LogP contribution in [0.3, 0.4) is 0 Å². The molecule has 1 aliphatic heterocycles. The van der Waals surface area contributed by atoms with Crippen molar-refractivity contribution in [1.82, 2.24) is 24.6 Å². The highest BCUT2D eigenvalue weighted by molar-refractivity contribution is 5.60. The van der Waals surface area contributed by atoms with Crippen molar-refractivity contribution in [2.75, 3.05) is 31.1 Å². The van der Waals surface area contributed by atoms with E-state index in [1.807, 2.05) is 37.0 Å². The molecule has 4 heterocycles. The molecule has 0 aromatic carbocycles. The maximum Gasteiger partial charge on any atom is 0.226 e. The summed E-state index contributed by atoms with van der Waals surface area (Å²) >= 11 is 0. The van der Waals surface area contributed by atoms with Crippen LogP contribution in [0.4, 0.5) is 5.95 Å². The van der Waals surface area contributed by atoms with Crippen LogP contribution in [0.2, 0.25) is 0 Å². The van der Waals surface area contributed by atoms with E-state index in [2.05, 4.69) is 19.9 Å². The first-order valence-corrected chi connectivity index (χ1v) is 9.58. The molecule has 0 amide bonds. The van der Waals surface area contributed by atoms with E-state index in [1.54, 1.807) is 18.7 Å². The molecular formula is C20H26N6O2. The van der Waals surface area contributed by atoms with Crippen LogP contribution in [0.25, 0.3) is 11.4 Å². The Kier molecular flexibility index (Phi) is 5.40. The van der Waals surface area contributed by atoms with Gasteiger partial charge in [-0.25, -0.2) is 9.97 Å². The molecule has 0 saturated carbocycles. The van der Waals surface area contributed by atoms with Gasteiger partial charge in [0.25, 0.3) is 0 Å². The monoisotopic (exact) mass is 382 g/mol. The van der Waals surface area contributed by atoms with Gasteiger partial charge in [0, 0.05) is 63.8 Å². The highest BCUT2D eigenvalue weighted by atomic mass is 16.3. The molecule has 8 nitrogen and oxygen atoms in total. The maximum absolute atomic E-state index is 9.55. The van der Waals surface area contributed by atoms with Gasteiger partial charge in [0.05, 0.1) is 23.9 Å². The Morgan fingerprint density at radius 1 is 1.29 bits per heavy atom. The molecule has 0 spiro atoms. The topological polar surface area (TPSA) is 83.5 Å². The van der Waals surface area contributed by atoms with Gasteiger partial charge in [0.15, 0.2) is 0 Å². The molecule has 8 heteroatoms. The van der Waals surface area contributed by atoms with Crippen LogP contribution in [0.1, 0.15) is 17.5 Å². The third kappa shape index (κ3) is 3.79. The molecule has 1 fully saturated rings. The van der Waals surface area contributed by atoms with E-state index >= 15 is 0 Å². The zero-order valence-corrected chi connectivity index (χ0v) is 16.3. The molecule has 1 N–H and O–H groups in total. The van der Waals surface area contributed by atoms with E-state index in [9.17, 15) is 5.11 Å². The van der Waals surface area contributed by atoms with E-state index in [1.165, 1.54) is 0 Å². The minimum atomic E-state index is 0.162. The third-order valence-electron chi connectivity index (χ3n) is 5.34. The molecule has 4 rings (SSSR count). The van der Waals surface area contributed by atoms with Crippen LogP contribution in [0.5, 0.6) is 0 Å². The Labute approximate surface area is 164 Å². The van der Waals surface area contributed by atoms with Crippen molar-refractivity contribution in [3.63, 3.8) is 0 Å². The fourth-order valence-electron chi connectivity index (χ4n) is 3.77. The van der Waals surface area contributed by atoms with E-state index < -0.39 is 0 Å². The van der Waals surface area contributed by atoms with Crippen molar-refractivity contribution in [3.8, 4) is 11.4 Å². The number of rotatable bonds is 6. The Bertz CT molecular complexity index is 907. The Hall–Kier alpha value is -2.71. The van der Waals surface area contributed by atoms with Crippen LogP contribution < -0.4 is 4.90 Å². The molecule has 0 radical (unpaired) electrons. The Morgan fingerprint density at radius 2 is 2.18 bits per heavy atom. The average molecular weight is 382 g/mol. The van der Waals surface area contributed by atoms with Gasteiger partial charge < -0.3 is 14.4 Å². The summed E-state index contributed by atoms with van der Waals surface area (Å²) in [6.45, 7) is 5.51. The van der Waals surface area contributed by atoms with Gasteiger partial charge in [-0.05, 0) is 31.0 Å². The van der Waals surface area contributed by atoms with Gasteiger partial charge in [-0.3, -0.25) is 9.58 Å². The fraction of sp³-hybridized carbons (Fsp3) is 0.450. The zero-order chi connectivity index (χ0) is 19.5. The number of aryl methyl sites for hydroxylation is 2. The quantitative estimate of drug-likeness (QED) is 0.696. The van der Waals surface area contributed by atoms with Gasteiger partial charge in [0.1, 0.15) is 0 Å². The number of nitrogens with zero attached hydrogens (tertiary/aromatic N) is 6. The summed E-state index contributed by atoms with van der Waals surface area (Å²) in [4.78, 5) is 14.0. The van der Waals surface area contributed by atoms with E-state index in [0.717, 1.165) is 61.1 Å². The lowest BCUT2D eigenvalue weighted by atomic mass is 10.1. The summed E-state index contributed by atoms with van der Waals surface area (Å²) in [5.41, 5.74) is 4.07. The zero-order valence-electron chi connectivity index (χ0n) is 16.3. The predicted octanol–water partition coefficient (Wildman–Crippen LogP) is 1.85. The molecule has 3 aromatic rings. The number of piperazine rings is 1. The second kappa shape index (κ2) is 8.12. The molecule has 28 heavy (non-hydrogen) atoms. The summed E-state index contributed by atoms with van der Waals surface area (Å²) in [5.74, 6) is 0.729. The number of hydrogen-bond donors (Lipinski definition) is 1. The van der Waals surface area contributed by atoms with Crippen molar-refractivity contribution in [3.05, 3.63) is 48.2 Å². The molecular weight excluding hydrogens is 356 g/mol. The van der Waals surface area contributed by atoms with Gasteiger partial charge in [-0.2, -0.15) is 5.10 Å². The number of hydrogen-bond acceptors (Lipinski definition) is 7. The summed E-state index contributed by atoms with van der Waals surface area (Å²) < 4.78 is 7.03. The molecule has 148 valence electrons. The lowest BCUT2D eigenvalue weighted by Gasteiger charge is -2.41. The van der Waals surface area contributed by atoms with E-state index in [0.29, 0.717) is 0 Å². The van der Waals surface area contributed by atoms with Crippen LogP contribution in [-0.4, -0.2) is 62.0 Å². The Balaban J connectivity index is 1.54. The molecule has 3 aromatic heterocycles. The highest BCUT2D eigenvalue weighted by Gasteiger charge is 2.28. The predicted molar refractivity (Wildman–Crippen MR) is 106 cm³/mol. The van der Waals surface area contributed by atoms with Crippen molar-refractivity contribution < 1.29 is 9.52 Å². The van der Waals surface area contributed by atoms with E-state index in [-0.39, 0.29) is 12.6 Å². The number of aliphatic hydroxyl groups is 1. The van der Waals surface area contributed by atoms with Gasteiger partial charge in [-0.1, -0.05) is 0 Å². The van der Waals surface area contributed by atoms with Crippen LogP contribution in [0.15, 0.2) is 41.5 Å². The number of aromatic nitrogens is 4. The molecule has 1 aliphatic rings. The normalized spacial score (nSPS) is 18.0. The number of aliphatic hydroxyl groups excluding tert-OH is 1. The standard InChI is InChI=1S/C20H26N6O2/c1-15-11-21-20(23-19(15)18-3-6-22-24(18)2)26-8-7-25(17(13-26)4-9-27)12-16-5-10-28-14-16/h3,5-6,10-11,14,17,27H,4,7-9,12-13H2,1-2H3/t17-/m0/s1. The van der Waals surface area contributed by atoms with Gasteiger partial charge in [-0.15, -0.1) is 0 Å². The third-order valence-corrected chi connectivity index (χ3v) is 5.34. The van der Waals surface area contributed by atoms with Crippen LogP contribution >= 0.6 is 0 Å². The molecule has 0 unspecified atom stereocenters. The first-order valence-electron chi connectivity index (χ1n) is 9.58. The van der Waals surface area contributed by atoms with Crippen molar-refractivity contribution in [2.45, 2.75) is 25.9 Å². The Morgan fingerprint density at radius 3 is 2.89 bits per heavy atom. The first-order chi connectivity index (χ1) is 13.7. The number of furan rings is 1. The van der Waals surface area contributed by atoms with Crippen molar-refractivity contribution in [1.29, 1.82) is 0 Å². The van der Waals surface area contributed by atoms with Crippen molar-refractivity contribution >= 4 is 5.95 Å². The lowest BCUT2D eigenvalue weighted by Crippen LogP contribution is -2.53. The molecule has 0 aliphatic carbocycles. The minimum Gasteiger partial charge on any atom is -0.472 e. The molecule has 1 atom stereocenters. The minimum absolute atomic E-state index is 0.162. The maximum atomic E-state index is 9.55. The van der Waals surface area contributed by atoms with E-state index in [4.69, 9.17) is 9.40 Å². The van der Waals surface area contributed by atoms with Gasteiger partial charge >= 0.3 is 0 Å². The summed E-state index contributed by atoms with van der Waals surface area (Å²) in [6, 6.07) is 4.20. The van der Waals surface area contributed by atoms with Crippen molar-refractivity contribution in [2.24, 2.45) is 7.05 Å². The summed E-state index contributed by atoms with van der Waals surface area (Å²) in [6.07, 6.45) is 7.86. The summed E-state index contributed by atoms with van der Waals surface area (Å²) in [5, 5.41) is 13.8. The SMILES string of the molecule is Cc1cnc(N2CCN(Cc3ccoc3)[C@@H](CCO)C2)nc1-c1ccnn1C. The lowest BCUT2D eigenvalue weighted by molar-refractivity contribution is 0.134. The second-order valence-corrected chi connectivity index (χ2v) is 7.26. The summed E-state index contributed by atoms with van der Waals surface area (Å²) in [7, 11) is 1.92. The fourth-order valence-corrected chi connectivity index (χ4v) is 3.77. The molecule has 0 bridgehead atoms. The van der Waals surface area contributed by atoms with Crippen LogP contribution in [-0.2, 0) is 13.6 Å². The smallest absolute Gasteiger partial charge is 0.226 e. The number of anilines is 1. The molecule has 1 saturated heterocycles. The average Bonchev–Trinajstić information content (AvgIpc) is 3.35. The second-order valence-electron chi connectivity index (χ2n) is 7.26. The highest BCUT2D eigenvalue weighted by Crippen LogP contribution is 2.24. The largest absolute Gasteiger partial charge is 0.472 e. The van der Waals surface area contributed by atoms with Crippen LogP contribution in [0, 0.1) is 6.92 Å². The first kappa shape index (κ1) is 18.6.